The number of unbranched alkanes of at least 4 members (excludes halogenated alkanes) is 20. The highest BCUT2D eigenvalue weighted by molar-refractivity contribution is 5.97. The van der Waals surface area contributed by atoms with Crippen molar-refractivity contribution in [3.05, 3.63) is 95.1 Å². The van der Waals surface area contributed by atoms with Gasteiger partial charge in [0, 0.05) is 28.7 Å². The molecule has 0 fully saturated rings. The second kappa shape index (κ2) is 23.3. The summed E-state index contributed by atoms with van der Waals surface area (Å²) in [6.07, 6.45) is 35.0. The predicted octanol–water partition coefficient (Wildman–Crippen LogP) is 19.1. The molecule has 0 spiro atoms. The third kappa shape index (κ3) is 10.9. The van der Waals surface area contributed by atoms with Gasteiger partial charge in [-0.3, -0.25) is 4.48 Å². The molecule has 4 aromatic carbocycles. The van der Waals surface area contributed by atoms with Gasteiger partial charge in [0.25, 0.3) is 0 Å². The van der Waals surface area contributed by atoms with Gasteiger partial charge in [0.05, 0.1) is 13.1 Å². The van der Waals surface area contributed by atoms with Gasteiger partial charge in [0.2, 0.25) is 0 Å². The minimum atomic E-state index is 0.0993. The van der Waals surface area contributed by atoms with E-state index in [1.165, 1.54) is 225 Å². The smallest absolute Gasteiger partial charge is 0.146 e. The van der Waals surface area contributed by atoms with Gasteiger partial charge in [-0.15, -0.1) is 0 Å². The molecule has 1 heterocycles. The molecule has 2 aliphatic rings. The Kier molecular flexibility index (Phi) is 18.0. The van der Waals surface area contributed by atoms with Crippen LogP contribution in [-0.2, 0) is 5.41 Å². The number of rotatable bonds is 29. The highest BCUT2D eigenvalue weighted by Crippen LogP contribution is 2.57. The van der Waals surface area contributed by atoms with Gasteiger partial charge in [-0.2, -0.15) is 0 Å². The minimum Gasteiger partial charge on any atom is -0.258 e. The fraction of sp³-hybridized carbons (Fsp3) is 0.593. The lowest BCUT2D eigenvalue weighted by Gasteiger charge is -2.36. The lowest BCUT2D eigenvalue weighted by Crippen LogP contribution is -2.44. The Balaban J connectivity index is 1.39. The molecule has 6 rings (SSSR count). The third-order valence-corrected chi connectivity index (χ3v) is 14.9. The zero-order valence-electron chi connectivity index (χ0n) is 39.7. The van der Waals surface area contributed by atoms with Gasteiger partial charge < -0.3 is 0 Å². The maximum atomic E-state index is 2.70. The fourth-order valence-electron chi connectivity index (χ4n) is 11.4. The van der Waals surface area contributed by atoms with E-state index in [4.69, 9.17) is 0 Å². The van der Waals surface area contributed by atoms with E-state index in [2.05, 4.69) is 114 Å². The molecule has 1 aliphatic heterocycles. The van der Waals surface area contributed by atoms with Crippen LogP contribution in [-0.4, -0.2) is 13.1 Å². The topological polar surface area (TPSA) is 0 Å². The molecule has 1 heteroatoms. The van der Waals surface area contributed by atoms with Crippen molar-refractivity contribution in [1.29, 1.82) is 0 Å². The molecule has 0 radical (unpaired) electrons. The second-order valence-corrected chi connectivity index (χ2v) is 19.6. The van der Waals surface area contributed by atoms with Crippen molar-refractivity contribution in [3.63, 3.8) is 0 Å². The van der Waals surface area contributed by atoms with Gasteiger partial charge in [0.1, 0.15) is 11.4 Å². The van der Waals surface area contributed by atoms with Crippen molar-refractivity contribution in [3.8, 4) is 33.4 Å². The largest absolute Gasteiger partial charge is 0.258 e. The van der Waals surface area contributed by atoms with Gasteiger partial charge >= 0.3 is 0 Å². The Bertz CT molecular complexity index is 1740. The molecule has 1 nitrogen and oxygen atoms in total. The number of nitrogens with zero attached hydrogens (tertiary/aromatic N) is 1. The van der Waals surface area contributed by atoms with Crippen LogP contribution in [0.1, 0.15) is 217 Å². The summed E-state index contributed by atoms with van der Waals surface area (Å²) in [4.78, 5) is 0. The Hall–Kier alpha value is -3.16. The Labute approximate surface area is 369 Å². The molecule has 0 saturated heterocycles. The summed E-state index contributed by atoms with van der Waals surface area (Å²) in [5, 5.41) is 0. The number of hydrogen-bond donors (Lipinski definition) is 0. The Morgan fingerprint density at radius 1 is 0.350 bits per heavy atom. The summed E-state index contributed by atoms with van der Waals surface area (Å²) in [6, 6.07) is 30.2. The highest BCUT2D eigenvalue weighted by atomic mass is 15.4. The summed E-state index contributed by atoms with van der Waals surface area (Å²) in [6.45, 7) is 16.4. The average molecular weight is 809 g/mol. The standard InChI is InChI=1S/C59H86N/c1-7-11-15-19-23-27-39-59(40-28-24-20-16-12-8-2)55-43-47(5)31-35-51(55)52-37-33-49(45-56(52)59)50-34-38-54-53-36-32-48(6)44-57(53)60(58(54)46-50,41-29-25-21-17-13-9-3)42-30-26-22-18-14-10-4/h31-38,43-46H,7-30,39-42H2,1-6H3/q+1. The first-order valence-electron chi connectivity index (χ1n) is 25.8. The van der Waals surface area contributed by atoms with Crippen LogP contribution in [0.2, 0.25) is 0 Å². The summed E-state index contributed by atoms with van der Waals surface area (Å²) >= 11 is 0. The molecule has 4 aromatic rings. The van der Waals surface area contributed by atoms with E-state index < -0.39 is 0 Å². The minimum absolute atomic E-state index is 0.0993. The molecule has 60 heavy (non-hydrogen) atoms. The molecule has 326 valence electrons. The van der Waals surface area contributed by atoms with Crippen LogP contribution in [0.3, 0.4) is 0 Å². The Morgan fingerprint density at radius 2 is 0.717 bits per heavy atom. The van der Waals surface area contributed by atoms with E-state index in [-0.39, 0.29) is 5.41 Å². The van der Waals surface area contributed by atoms with Gasteiger partial charge in [-0.25, -0.2) is 0 Å². The molecule has 0 N–H and O–H groups in total. The zero-order chi connectivity index (χ0) is 42.2. The summed E-state index contributed by atoms with van der Waals surface area (Å²) in [7, 11) is 0. The maximum Gasteiger partial charge on any atom is 0.146 e. The van der Waals surface area contributed by atoms with Gasteiger partial charge in [-0.05, 0) is 110 Å². The van der Waals surface area contributed by atoms with E-state index in [1.54, 1.807) is 22.5 Å². The number of aryl methyl sites for hydroxylation is 2. The molecule has 0 atom stereocenters. The van der Waals surface area contributed by atoms with Crippen molar-refractivity contribution in [1.82, 2.24) is 4.48 Å². The molecule has 1 aliphatic carbocycles. The lowest BCUT2D eigenvalue weighted by atomic mass is 9.70. The van der Waals surface area contributed by atoms with Crippen molar-refractivity contribution < 1.29 is 0 Å². The molecule has 0 bridgehead atoms. The van der Waals surface area contributed by atoms with Crippen LogP contribution in [0, 0.1) is 13.8 Å². The summed E-state index contributed by atoms with van der Waals surface area (Å²) in [5.74, 6) is 0. The van der Waals surface area contributed by atoms with Gasteiger partial charge in [-0.1, -0.05) is 204 Å². The Morgan fingerprint density at radius 3 is 1.23 bits per heavy atom. The van der Waals surface area contributed by atoms with E-state index in [1.807, 2.05) is 0 Å². The predicted molar refractivity (Wildman–Crippen MR) is 267 cm³/mol. The summed E-state index contributed by atoms with van der Waals surface area (Å²) < 4.78 is 1.04. The van der Waals surface area contributed by atoms with Crippen molar-refractivity contribution in [2.45, 2.75) is 214 Å². The van der Waals surface area contributed by atoms with Crippen LogP contribution >= 0.6 is 0 Å². The molecular weight excluding hydrogens is 723 g/mol. The average Bonchev–Trinajstić information content (AvgIpc) is 3.67. The number of benzene rings is 4. The number of fused-ring (bicyclic) bond motifs is 6. The van der Waals surface area contributed by atoms with E-state index >= 15 is 0 Å². The zero-order valence-corrected chi connectivity index (χ0v) is 39.7. The first kappa shape index (κ1) is 46.3. The third-order valence-electron chi connectivity index (χ3n) is 14.9. The fourth-order valence-corrected chi connectivity index (χ4v) is 11.4. The highest BCUT2D eigenvalue weighted by Gasteiger charge is 2.45. The van der Waals surface area contributed by atoms with Crippen molar-refractivity contribution in [2.24, 2.45) is 0 Å². The summed E-state index contributed by atoms with van der Waals surface area (Å²) in [5.41, 5.74) is 18.1. The van der Waals surface area contributed by atoms with Crippen LogP contribution in [0.4, 0.5) is 11.4 Å². The molecule has 0 saturated carbocycles. The maximum absolute atomic E-state index is 2.70. The quantitative estimate of drug-likeness (QED) is 0.0379. The van der Waals surface area contributed by atoms with Crippen molar-refractivity contribution in [2.75, 3.05) is 13.1 Å². The van der Waals surface area contributed by atoms with Crippen LogP contribution < -0.4 is 4.48 Å². The monoisotopic (exact) mass is 809 g/mol. The van der Waals surface area contributed by atoms with Crippen LogP contribution in [0.15, 0.2) is 72.8 Å². The van der Waals surface area contributed by atoms with E-state index in [9.17, 15) is 0 Å². The second-order valence-electron chi connectivity index (χ2n) is 19.6. The first-order valence-corrected chi connectivity index (χ1v) is 25.8. The normalized spacial score (nSPS) is 14.3. The van der Waals surface area contributed by atoms with Crippen LogP contribution in [0.25, 0.3) is 33.4 Å². The van der Waals surface area contributed by atoms with Crippen LogP contribution in [0.5, 0.6) is 0 Å². The SMILES string of the molecule is CCCCCCCCC1(CCCCCCCC)c2cc(C)ccc2-c2ccc(-c3ccc4c(c3)[N+](CCCCCCCC)(CCCCCCCC)c3cc(C)ccc3-4)cc21. The molecule has 0 unspecified atom stereocenters. The molecular formula is C59H86N+. The lowest BCUT2D eigenvalue weighted by molar-refractivity contribution is 0.361. The molecule has 0 aromatic heterocycles. The van der Waals surface area contributed by atoms with Gasteiger partial charge in [0.15, 0.2) is 0 Å². The van der Waals surface area contributed by atoms with Crippen molar-refractivity contribution >= 4 is 11.4 Å². The number of quaternary nitrogens is 1. The number of hydrogen-bond acceptors (Lipinski definition) is 0. The molecule has 0 amide bonds. The first-order chi connectivity index (χ1) is 29.4. The van der Waals surface area contributed by atoms with E-state index in [0.29, 0.717) is 0 Å². The van der Waals surface area contributed by atoms with E-state index in [0.717, 1.165) is 4.48 Å².